The number of aliphatic hydroxyl groups is 1. The van der Waals surface area contributed by atoms with Crippen molar-refractivity contribution in [2.45, 2.75) is 64.0 Å². The van der Waals surface area contributed by atoms with E-state index in [1.54, 1.807) is 6.20 Å². The van der Waals surface area contributed by atoms with Crippen LogP contribution in [0.3, 0.4) is 0 Å². The van der Waals surface area contributed by atoms with E-state index < -0.39 is 5.60 Å². The molecule has 1 aliphatic rings. The average molecular weight is 223 g/mol. The third-order valence-electron chi connectivity index (χ3n) is 3.46. The zero-order valence-corrected chi connectivity index (χ0v) is 10.0. The van der Waals surface area contributed by atoms with Gasteiger partial charge in [0.15, 0.2) is 0 Å². The van der Waals surface area contributed by atoms with Gasteiger partial charge in [-0.05, 0) is 19.3 Å². The molecule has 90 valence electrons. The zero-order valence-electron chi connectivity index (χ0n) is 10.0. The quantitative estimate of drug-likeness (QED) is 0.799. The van der Waals surface area contributed by atoms with E-state index >= 15 is 0 Å². The van der Waals surface area contributed by atoms with Gasteiger partial charge < -0.3 is 5.11 Å². The van der Waals surface area contributed by atoms with Crippen LogP contribution in [0.4, 0.5) is 0 Å². The first kappa shape index (κ1) is 11.6. The summed E-state index contributed by atoms with van der Waals surface area (Å²) in [7, 11) is 0. The summed E-state index contributed by atoms with van der Waals surface area (Å²) >= 11 is 0. The van der Waals surface area contributed by atoms with E-state index in [2.05, 4.69) is 17.2 Å². The Morgan fingerprint density at radius 3 is 2.62 bits per heavy atom. The Morgan fingerprint density at radius 1 is 1.31 bits per heavy atom. The van der Waals surface area contributed by atoms with Gasteiger partial charge in [-0.3, -0.25) is 0 Å². The summed E-state index contributed by atoms with van der Waals surface area (Å²) in [4.78, 5) is 0. The van der Waals surface area contributed by atoms with Crippen LogP contribution in [0.1, 0.15) is 57.6 Å². The van der Waals surface area contributed by atoms with Crippen molar-refractivity contribution in [3.05, 3.63) is 11.9 Å². The summed E-state index contributed by atoms with van der Waals surface area (Å²) in [6, 6.07) is 0. The van der Waals surface area contributed by atoms with E-state index in [9.17, 15) is 5.11 Å². The van der Waals surface area contributed by atoms with Crippen molar-refractivity contribution in [1.82, 2.24) is 15.0 Å². The molecule has 0 aliphatic heterocycles. The highest BCUT2D eigenvalue weighted by atomic mass is 16.3. The fraction of sp³-hybridized carbons (Fsp3) is 0.833. The van der Waals surface area contributed by atoms with E-state index in [-0.39, 0.29) is 0 Å². The van der Waals surface area contributed by atoms with Crippen LogP contribution in [0.15, 0.2) is 6.20 Å². The Morgan fingerprint density at radius 2 is 2.00 bits per heavy atom. The van der Waals surface area contributed by atoms with E-state index in [4.69, 9.17) is 0 Å². The van der Waals surface area contributed by atoms with Crippen LogP contribution in [0.2, 0.25) is 0 Å². The second-order valence-electron chi connectivity index (χ2n) is 4.79. The second-order valence-corrected chi connectivity index (χ2v) is 4.79. The van der Waals surface area contributed by atoms with E-state index in [0.717, 1.165) is 44.3 Å². The first-order valence-corrected chi connectivity index (χ1v) is 6.37. The molecule has 0 aromatic carbocycles. The number of hydrogen-bond acceptors (Lipinski definition) is 3. The van der Waals surface area contributed by atoms with Crippen molar-refractivity contribution in [3.8, 4) is 0 Å². The van der Waals surface area contributed by atoms with Crippen molar-refractivity contribution in [2.75, 3.05) is 0 Å². The third kappa shape index (κ3) is 2.26. The molecule has 4 nitrogen and oxygen atoms in total. The highest BCUT2D eigenvalue weighted by Crippen LogP contribution is 2.35. The molecule has 0 atom stereocenters. The van der Waals surface area contributed by atoms with Crippen LogP contribution in [0, 0.1) is 0 Å². The van der Waals surface area contributed by atoms with Gasteiger partial charge in [-0.15, -0.1) is 5.10 Å². The van der Waals surface area contributed by atoms with Crippen molar-refractivity contribution >= 4 is 0 Å². The lowest BCUT2D eigenvalue weighted by Gasteiger charge is -2.26. The average Bonchev–Trinajstić information content (AvgIpc) is 2.62. The monoisotopic (exact) mass is 223 g/mol. The number of rotatable bonds is 3. The Bertz CT molecular complexity index is 327. The van der Waals surface area contributed by atoms with Crippen LogP contribution in [-0.4, -0.2) is 20.1 Å². The van der Waals surface area contributed by atoms with Crippen molar-refractivity contribution < 1.29 is 5.11 Å². The largest absolute Gasteiger partial charge is 0.384 e. The van der Waals surface area contributed by atoms with Gasteiger partial charge in [-0.1, -0.05) is 37.8 Å². The fourth-order valence-corrected chi connectivity index (χ4v) is 2.56. The van der Waals surface area contributed by atoms with Crippen LogP contribution in [0.25, 0.3) is 0 Å². The third-order valence-corrected chi connectivity index (χ3v) is 3.46. The molecule has 2 rings (SSSR count). The molecule has 1 fully saturated rings. The maximum absolute atomic E-state index is 10.7. The summed E-state index contributed by atoms with van der Waals surface area (Å²) in [5.41, 5.74) is 0.228. The summed E-state index contributed by atoms with van der Waals surface area (Å²) < 4.78 is 1.87. The second kappa shape index (κ2) is 4.95. The van der Waals surface area contributed by atoms with Gasteiger partial charge in [-0.25, -0.2) is 4.68 Å². The molecule has 0 spiro atoms. The Balaban J connectivity index is 2.22. The summed E-state index contributed by atoms with van der Waals surface area (Å²) in [6.45, 7) is 2.96. The highest BCUT2D eigenvalue weighted by molar-refractivity contribution is 5.08. The molecule has 0 saturated heterocycles. The molecule has 1 aliphatic carbocycles. The first-order valence-electron chi connectivity index (χ1n) is 6.37. The number of aromatic nitrogens is 3. The lowest BCUT2D eigenvalue weighted by atomic mass is 9.91. The summed E-state index contributed by atoms with van der Waals surface area (Å²) in [6.07, 6.45) is 9.14. The van der Waals surface area contributed by atoms with Gasteiger partial charge in [0.1, 0.15) is 5.60 Å². The van der Waals surface area contributed by atoms with E-state index in [1.165, 1.54) is 12.8 Å². The molecule has 0 bridgehead atoms. The van der Waals surface area contributed by atoms with Gasteiger partial charge >= 0.3 is 0 Å². The molecule has 0 radical (unpaired) electrons. The maximum atomic E-state index is 10.7. The molecule has 0 amide bonds. The minimum Gasteiger partial charge on any atom is -0.384 e. The number of aryl methyl sites for hydroxylation is 1. The fourth-order valence-electron chi connectivity index (χ4n) is 2.56. The molecule has 1 aromatic rings. The minimum absolute atomic E-state index is 0.685. The predicted octanol–water partition coefficient (Wildman–Crippen LogP) is 2.23. The van der Waals surface area contributed by atoms with Crippen LogP contribution in [0.5, 0.6) is 0 Å². The molecular weight excluding hydrogens is 202 g/mol. The van der Waals surface area contributed by atoms with Crippen LogP contribution in [-0.2, 0) is 12.1 Å². The Labute approximate surface area is 96.7 Å². The Hall–Kier alpha value is -0.900. The standard InChI is InChI=1S/C12H21N3O/c1-2-9-15-11(10-13-14-15)12(16)7-5-3-4-6-8-12/h10,16H,2-9H2,1H3. The van der Waals surface area contributed by atoms with Gasteiger partial charge in [0.25, 0.3) is 0 Å². The SMILES string of the molecule is CCCn1nncc1C1(O)CCCCCC1. The molecule has 1 heterocycles. The highest BCUT2D eigenvalue weighted by Gasteiger charge is 2.33. The maximum Gasteiger partial charge on any atom is 0.108 e. The normalized spacial score (nSPS) is 20.6. The smallest absolute Gasteiger partial charge is 0.108 e. The number of hydrogen-bond donors (Lipinski definition) is 1. The molecule has 16 heavy (non-hydrogen) atoms. The van der Waals surface area contributed by atoms with Crippen LogP contribution < -0.4 is 0 Å². The number of nitrogens with zero attached hydrogens (tertiary/aromatic N) is 3. The molecule has 1 N–H and O–H groups in total. The van der Waals surface area contributed by atoms with Crippen LogP contribution >= 0.6 is 0 Å². The predicted molar refractivity (Wildman–Crippen MR) is 61.9 cm³/mol. The van der Waals surface area contributed by atoms with Gasteiger partial charge in [0, 0.05) is 6.54 Å². The van der Waals surface area contributed by atoms with Crippen molar-refractivity contribution in [1.29, 1.82) is 0 Å². The molecule has 4 heteroatoms. The minimum atomic E-state index is -0.685. The van der Waals surface area contributed by atoms with Gasteiger partial charge in [0.05, 0.1) is 11.9 Å². The van der Waals surface area contributed by atoms with Gasteiger partial charge in [-0.2, -0.15) is 0 Å². The molecular formula is C12H21N3O. The van der Waals surface area contributed by atoms with E-state index in [0.29, 0.717) is 0 Å². The first-order chi connectivity index (χ1) is 7.76. The summed E-state index contributed by atoms with van der Waals surface area (Å²) in [5.74, 6) is 0. The zero-order chi connectivity index (χ0) is 11.4. The molecule has 1 aromatic heterocycles. The summed E-state index contributed by atoms with van der Waals surface area (Å²) in [5, 5.41) is 18.7. The van der Waals surface area contributed by atoms with Gasteiger partial charge in [0.2, 0.25) is 0 Å². The van der Waals surface area contributed by atoms with Crippen molar-refractivity contribution in [3.63, 3.8) is 0 Å². The lowest BCUT2D eigenvalue weighted by molar-refractivity contribution is 0.0118. The Kier molecular flexibility index (Phi) is 3.59. The molecule has 0 unspecified atom stereocenters. The molecule has 1 saturated carbocycles. The topological polar surface area (TPSA) is 50.9 Å². The van der Waals surface area contributed by atoms with Crippen molar-refractivity contribution in [2.24, 2.45) is 0 Å². The van der Waals surface area contributed by atoms with E-state index in [1.807, 2.05) is 4.68 Å². The lowest BCUT2D eigenvalue weighted by Crippen LogP contribution is -2.28.